The second-order valence-electron chi connectivity index (χ2n) is 7.59. The average Bonchev–Trinajstić information content (AvgIpc) is 3.29. The highest BCUT2D eigenvalue weighted by molar-refractivity contribution is 7.13. The zero-order valence-corrected chi connectivity index (χ0v) is 17.8. The van der Waals surface area contributed by atoms with E-state index in [1.807, 2.05) is 18.3 Å². The third kappa shape index (κ3) is 4.45. The zero-order chi connectivity index (χ0) is 20.2. The number of nitrogens with zero attached hydrogens (tertiary/aromatic N) is 6. The molecule has 0 radical (unpaired) electrons. The fourth-order valence-corrected chi connectivity index (χ4v) is 4.71. The highest BCUT2D eigenvalue weighted by Gasteiger charge is 2.21. The highest BCUT2D eigenvalue weighted by Crippen LogP contribution is 2.24. The topological polar surface area (TPSA) is 57.6 Å². The van der Waals surface area contributed by atoms with Gasteiger partial charge in [-0.1, -0.05) is 30.3 Å². The molecule has 0 aliphatic carbocycles. The number of ether oxygens (including phenoxy) is 1. The standard InChI is InChI=1S/C22H26N6OS/c1-2-4-18(5-3-1)21-24-19(17-30-21)16-26-8-10-28(11-9-26)22-23-7-6-20(25-22)27-12-14-29-15-13-27/h1-7,17H,8-16H2. The number of piperazine rings is 1. The van der Waals surface area contributed by atoms with Crippen LogP contribution in [0.5, 0.6) is 0 Å². The maximum absolute atomic E-state index is 5.45. The lowest BCUT2D eigenvalue weighted by atomic mass is 10.2. The first-order valence-corrected chi connectivity index (χ1v) is 11.4. The maximum atomic E-state index is 5.45. The molecule has 0 spiro atoms. The first kappa shape index (κ1) is 19.4. The van der Waals surface area contributed by atoms with Crippen molar-refractivity contribution in [2.75, 3.05) is 62.3 Å². The Kier molecular flexibility index (Phi) is 5.87. The quantitative estimate of drug-likeness (QED) is 0.627. The molecule has 2 aliphatic rings. The smallest absolute Gasteiger partial charge is 0.227 e. The van der Waals surface area contributed by atoms with Crippen LogP contribution in [-0.2, 0) is 11.3 Å². The van der Waals surface area contributed by atoms with Crippen LogP contribution in [0.2, 0.25) is 0 Å². The number of morpholine rings is 1. The summed E-state index contributed by atoms with van der Waals surface area (Å²) in [4.78, 5) is 21.2. The number of anilines is 2. The number of benzene rings is 1. The first-order chi connectivity index (χ1) is 14.8. The fourth-order valence-electron chi connectivity index (χ4n) is 3.89. The minimum Gasteiger partial charge on any atom is -0.378 e. The van der Waals surface area contributed by atoms with E-state index in [9.17, 15) is 0 Å². The van der Waals surface area contributed by atoms with Gasteiger partial charge in [0.25, 0.3) is 0 Å². The van der Waals surface area contributed by atoms with Crippen LogP contribution in [0.1, 0.15) is 5.69 Å². The van der Waals surface area contributed by atoms with E-state index in [0.717, 1.165) is 81.5 Å². The third-order valence-electron chi connectivity index (χ3n) is 5.58. The molecule has 5 rings (SSSR count). The van der Waals surface area contributed by atoms with E-state index in [1.54, 1.807) is 11.3 Å². The Balaban J connectivity index is 1.17. The molecule has 156 valence electrons. The number of hydrogen-bond donors (Lipinski definition) is 0. The van der Waals surface area contributed by atoms with Gasteiger partial charge in [0.15, 0.2) is 0 Å². The van der Waals surface area contributed by atoms with Crippen molar-refractivity contribution in [3.8, 4) is 10.6 Å². The number of thiazole rings is 1. The lowest BCUT2D eigenvalue weighted by molar-refractivity contribution is 0.122. The Hall–Kier alpha value is -2.55. The van der Waals surface area contributed by atoms with Crippen LogP contribution in [-0.4, -0.2) is 72.3 Å². The van der Waals surface area contributed by atoms with Crippen molar-refractivity contribution in [1.29, 1.82) is 0 Å². The minimum atomic E-state index is 0.764. The van der Waals surface area contributed by atoms with E-state index < -0.39 is 0 Å². The number of aromatic nitrogens is 3. The molecule has 30 heavy (non-hydrogen) atoms. The summed E-state index contributed by atoms with van der Waals surface area (Å²) >= 11 is 1.72. The molecule has 0 bridgehead atoms. The molecule has 8 heteroatoms. The van der Waals surface area contributed by atoms with E-state index in [-0.39, 0.29) is 0 Å². The lowest BCUT2D eigenvalue weighted by Gasteiger charge is -2.35. The van der Waals surface area contributed by atoms with Crippen LogP contribution in [0.4, 0.5) is 11.8 Å². The molecule has 2 fully saturated rings. The summed E-state index contributed by atoms with van der Waals surface area (Å²) in [6.07, 6.45) is 1.87. The maximum Gasteiger partial charge on any atom is 0.227 e. The first-order valence-electron chi connectivity index (χ1n) is 10.5. The average molecular weight is 423 g/mol. The van der Waals surface area contributed by atoms with Gasteiger partial charge in [-0.3, -0.25) is 4.90 Å². The van der Waals surface area contributed by atoms with Gasteiger partial charge in [-0.15, -0.1) is 11.3 Å². The minimum absolute atomic E-state index is 0.764. The van der Waals surface area contributed by atoms with Gasteiger partial charge in [-0.2, -0.15) is 4.98 Å². The van der Waals surface area contributed by atoms with Crippen molar-refractivity contribution in [3.63, 3.8) is 0 Å². The van der Waals surface area contributed by atoms with Gasteiger partial charge in [0.1, 0.15) is 10.8 Å². The monoisotopic (exact) mass is 422 g/mol. The van der Waals surface area contributed by atoms with Gasteiger partial charge in [-0.25, -0.2) is 9.97 Å². The van der Waals surface area contributed by atoms with Gasteiger partial charge >= 0.3 is 0 Å². The van der Waals surface area contributed by atoms with Crippen molar-refractivity contribution in [3.05, 3.63) is 53.7 Å². The van der Waals surface area contributed by atoms with Gasteiger partial charge < -0.3 is 14.5 Å². The molecule has 1 aromatic carbocycles. The molecule has 0 atom stereocenters. The summed E-state index contributed by atoms with van der Waals surface area (Å²) in [5.41, 5.74) is 2.34. The van der Waals surface area contributed by atoms with Gasteiger partial charge in [0.05, 0.1) is 18.9 Å². The molecular formula is C22H26N6OS. The fraction of sp³-hybridized carbons (Fsp3) is 0.409. The molecule has 0 amide bonds. The van der Waals surface area contributed by atoms with Crippen molar-refractivity contribution in [2.24, 2.45) is 0 Å². The summed E-state index contributed by atoms with van der Waals surface area (Å²) in [7, 11) is 0. The van der Waals surface area contributed by atoms with E-state index in [1.165, 1.54) is 5.56 Å². The molecule has 2 aliphatic heterocycles. The Morgan fingerprint density at radius 3 is 2.47 bits per heavy atom. The normalized spacial score (nSPS) is 18.0. The molecule has 2 saturated heterocycles. The molecule has 0 unspecified atom stereocenters. The van der Waals surface area contributed by atoms with Gasteiger partial charge in [-0.05, 0) is 6.07 Å². The second-order valence-corrected chi connectivity index (χ2v) is 8.45. The molecule has 4 heterocycles. The Bertz CT molecular complexity index is 951. The van der Waals surface area contributed by atoms with E-state index in [2.05, 4.69) is 49.3 Å². The Morgan fingerprint density at radius 1 is 0.867 bits per heavy atom. The van der Waals surface area contributed by atoms with Crippen LogP contribution in [0.25, 0.3) is 10.6 Å². The Labute approximate surface area is 181 Å². The molecule has 0 saturated carbocycles. The third-order valence-corrected chi connectivity index (χ3v) is 6.52. The number of rotatable bonds is 5. The summed E-state index contributed by atoms with van der Waals surface area (Å²) in [6.45, 7) is 8.05. The summed E-state index contributed by atoms with van der Waals surface area (Å²) in [6, 6.07) is 12.4. The summed E-state index contributed by atoms with van der Waals surface area (Å²) < 4.78 is 5.45. The van der Waals surface area contributed by atoms with Gasteiger partial charge in [0, 0.05) is 63.0 Å². The lowest BCUT2D eigenvalue weighted by Crippen LogP contribution is -2.46. The van der Waals surface area contributed by atoms with E-state index >= 15 is 0 Å². The van der Waals surface area contributed by atoms with Crippen LogP contribution >= 0.6 is 11.3 Å². The number of hydrogen-bond acceptors (Lipinski definition) is 8. The van der Waals surface area contributed by atoms with E-state index in [0.29, 0.717) is 0 Å². The molecular weight excluding hydrogens is 396 g/mol. The molecule has 7 nitrogen and oxygen atoms in total. The van der Waals surface area contributed by atoms with Crippen LogP contribution < -0.4 is 9.80 Å². The predicted octanol–water partition coefficient (Wildman–Crippen LogP) is 2.76. The van der Waals surface area contributed by atoms with Crippen molar-refractivity contribution in [1.82, 2.24) is 19.9 Å². The molecule has 3 aromatic rings. The van der Waals surface area contributed by atoms with Crippen LogP contribution in [0.15, 0.2) is 48.0 Å². The predicted molar refractivity (Wildman–Crippen MR) is 120 cm³/mol. The molecule has 2 aromatic heterocycles. The second kappa shape index (κ2) is 9.07. The summed E-state index contributed by atoms with van der Waals surface area (Å²) in [5.74, 6) is 1.83. The van der Waals surface area contributed by atoms with Gasteiger partial charge in [0.2, 0.25) is 5.95 Å². The van der Waals surface area contributed by atoms with E-state index in [4.69, 9.17) is 14.7 Å². The Morgan fingerprint density at radius 2 is 1.67 bits per heavy atom. The zero-order valence-electron chi connectivity index (χ0n) is 17.0. The van der Waals surface area contributed by atoms with Crippen molar-refractivity contribution < 1.29 is 4.74 Å². The van der Waals surface area contributed by atoms with Crippen LogP contribution in [0, 0.1) is 0 Å². The van der Waals surface area contributed by atoms with Crippen molar-refractivity contribution in [2.45, 2.75) is 6.54 Å². The highest BCUT2D eigenvalue weighted by atomic mass is 32.1. The van der Waals surface area contributed by atoms with Crippen molar-refractivity contribution >= 4 is 23.1 Å². The van der Waals surface area contributed by atoms with Crippen LogP contribution in [0.3, 0.4) is 0 Å². The molecule has 0 N–H and O–H groups in total. The SMILES string of the molecule is c1ccc(-c2nc(CN3CCN(c4nccc(N5CCOCC5)n4)CC3)cs2)cc1. The summed E-state index contributed by atoms with van der Waals surface area (Å²) in [5, 5.41) is 3.28. The largest absolute Gasteiger partial charge is 0.378 e.